The van der Waals surface area contributed by atoms with Crippen molar-refractivity contribution in [1.29, 1.82) is 0 Å². The number of halogens is 2. The first-order valence-electron chi connectivity index (χ1n) is 7.86. The highest BCUT2D eigenvalue weighted by atomic mass is 35.5. The van der Waals surface area contributed by atoms with Crippen LogP contribution in [0, 0.1) is 5.82 Å². The fraction of sp³-hybridized carbons (Fsp3) is 0.111. The summed E-state index contributed by atoms with van der Waals surface area (Å²) in [5.41, 5.74) is 1.10. The minimum Gasteiger partial charge on any atom is -0.497 e. The second kappa shape index (κ2) is 8.41. The van der Waals surface area contributed by atoms with E-state index in [0.29, 0.717) is 22.9 Å². The molecule has 0 fully saturated rings. The van der Waals surface area contributed by atoms with Crippen molar-refractivity contribution in [1.82, 2.24) is 9.78 Å². The molecule has 1 aromatic heterocycles. The molecule has 3 aromatic rings. The highest BCUT2D eigenvalue weighted by Crippen LogP contribution is 2.25. The number of urea groups is 1. The number of benzene rings is 2. The molecule has 27 heavy (non-hydrogen) atoms. The number of rotatable bonds is 6. The summed E-state index contributed by atoms with van der Waals surface area (Å²) in [6.07, 6.45) is 3.06. The lowest BCUT2D eigenvalue weighted by molar-refractivity contribution is 0.221. The molecule has 9 heteroatoms. The van der Waals surface area contributed by atoms with Crippen molar-refractivity contribution in [2.75, 3.05) is 17.7 Å². The van der Waals surface area contributed by atoms with Gasteiger partial charge in [-0.2, -0.15) is 5.10 Å². The standard InChI is InChI=1S/C18H16ClFN4O3/c1-26-15-5-3-13(4-6-15)22-18(25)23-14-9-21-24(10-14)11-27-17-7-2-12(20)8-16(17)19/h2-10H,11H2,1H3,(H2,22,23,25). The van der Waals surface area contributed by atoms with Crippen LogP contribution < -0.4 is 20.1 Å². The molecule has 2 amide bonds. The lowest BCUT2D eigenvalue weighted by Crippen LogP contribution is -2.19. The Labute approximate surface area is 159 Å². The Morgan fingerprint density at radius 3 is 2.63 bits per heavy atom. The van der Waals surface area contributed by atoms with Crippen molar-refractivity contribution in [2.24, 2.45) is 0 Å². The number of hydrogen-bond acceptors (Lipinski definition) is 4. The first-order chi connectivity index (χ1) is 13.0. The number of nitrogens with zero attached hydrogens (tertiary/aromatic N) is 2. The lowest BCUT2D eigenvalue weighted by atomic mass is 10.3. The molecule has 0 aliphatic heterocycles. The first-order valence-corrected chi connectivity index (χ1v) is 8.23. The third kappa shape index (κ3) is 5.11. The Kier molecular flexibility index (Phi) is 5.77. The molecule has 3 rings (SSSR count). The third-order valence-electron chi connectivity index (χ3n) is 3.49. The van der Waals surface area contributed by atoms with Gasteiger partial charge in [0.15, 0.2) is 6.73 Å². The number of carbonyl (C=O) groups is 1. The summed E-state index contributed by atoms with van der Waals surface area (Å²) >= 11 is 5.90. The van der Waals surface area contributed by atoms with E-state index in [1.807, 2.05) is 0 Å². The van der Waals surface area contributed by atoms with Crippen LogP contribution >= 0.6 is 11.6 Å². The van der Waals surface area contributed by atoms with Crippen molar-refractivity contribution in [3.05, 3.63) is 65.7 Å². The number of carbonyl (C=O) groups excluding carboxylic acids is 1. The molecular formula is C18H16ClFN4O3. The van der Waals surface area contributed by atoms with Gasteiger partial charge in [-0.1, -0.05) is 11.6 Å². The molecule has 0 saturated heterocycles. The van der Waals surface area contributed by atoms with E-state index >= 15 is 0 Å². The Bertz CT molecular complexity index is 931. The van der Waals surface area contributed by atoms with Crippen LogP contribution in [0.1, 0.15) is 0 Å². The molecule has 0 unspecified atom stereocenters. The minimum atomic E-state index is -0.444. The summed E-state index contributed by atoms with van der Waals surface area (Å²) in [5, 5.41) is 9.60. The van der Waals surface area contributed by atoms with E-state index in [-0.39, 0.29) is 11.8 Å². The largest absolute Gasteiger partial charge is 0.497 e. The summed E-state index contributed by atoms with van der Waals surface area (Å²) in [6, 6.07) is 10.4. The number of ether oxygens (including phenoxy) is 2. The topological polar surface area (TPSA) is 77.4 Å². The van der Waals surface area contributed by atoms with E-state index in [9.17, 15) is 9.18 Å². The highest BCUT2D eigenvalue weighted by molar-refractivity contribution is 6.32. The van der Waals surface area contributed by atoms with Gasteiger partial charge in [-0.15, -0.1) is 0 Å². The third-order valence-corrected chi connectivity index (χ3v) is 3.78. The zero-order chi connectivity index (χ0) is 19.2. The number of amides is 2. The zero-order valence-electron chi connectivity index (χ0n) is 14.3. The maximum absolute atomic E-state index is 13.0. The monoisotopic (exact) mass is 390 g/mol. The van der Waals surface area contributed by atoms with Crippen molar-refractivity contribution in [3.8, 4) is 11.5 Å². The summed E-state index contributed by atoms with van der Waals surface area (Å²) in [4.78, 5) is 12.0. The quantitative estimate of drug-likeness (QED) is 0.655. The molecule has 0 radical (unpaired) electrons. The van der Waals surface area contributed by atoms with Crippen molar-refractivity contribution < 1.29 is 18.7 Å². The molecule has 0 bridgehead atoms. The summed E-state index contributed by atoms with van der Waals surface area (Å²) in [5.74, 6) is 0.588. The SMILES string of the molecule is COc1ccc(NC(=O)Nc2cnn(COc3ccc(F)cc3Cl)c2)cc1. The smallest absolute Gasteiger partial charge is 0.323 e. The minimum absolute atomic E-state index is 0.0487. The lowest BCUT2D eigenvalue weighted by Gasteiger charge is -2.08. The molecule has 0 aliphatic rings. The summed E-state index contributed by atoms with van der Waals surface area (Å²) in [6.45, 7) is 0.0487. The number of methoxy groups -OCH3 is 1. The molecule has 140 valence electrons. The van der Waals surface area contributed by atoms with Crippen LogP contribution in [0.2, 0.25) is 5.02 Å². The first kappa shape index (κ1) is 18.5. The van der Waals surface area contributed by atoms with Crippen LogP contribution in [-0.4, -0.2) is 22.9 Å². The van der Waals surface area contributed by atoms with E-state index in [1.54, 1.807) is 37.6 Å². The predicted molar refractivity (Wildman–Crippen MR) is 99.9 cm³/mol. The van der Waals surface area contributed by atoms with Gasteiger partial charge in [0.2, 0.25) is 0 Å². The second-order valence-electron chi connectivity index (χ2n) is 5.42. The van der Waals surface area contributed by atoms with E-state index in [4.69, 9.17) is 21.1 Å². The van der Waals surface area contributed by atoms with Gasteiger partial charge in [-0.05, 0) is 42.5 Å². The van der Waals surface area contributed by atoms with Crippen molar-refractivity contribution in [2.45, 2.75) is 6.73 Å². The molecule has 0 spiro atoms. The van der Waals surface area contributed by atoms with Crippen molar-refractivity contribution >= 4 is 29.0 Å². The Morgan fingerprint density at radius 2 is 1.93 bits per heavy atom. The van der Waals surface area contributed by atoms with Gasteiger partial charge >= 0.3 is 6.03 Å². The normalized spacial score (nSPS) is 10.3. The summed E-state index contributed by atoms with van der Waals surface area (Å²) in [7, 11) is 1.57. The Balaban J connectivity index is 1.53. The van der Waals surface area contributed by atoms with E-state index in [1.165, 1.54) is 23.0 Å². The Morgan fingerprint density at radius 1 is 1.19 bits per heavy atom. The molecular weight excluding hydrogens is 375 g/mol. The number of anilines is 2. The number of aromatic nitrogens is 2. The molecule has 0 aliphatic carbocycles. The number of nitrogens with one attached hydrogen (secondary N) is 2. The predicted octanol–water partition coefficient (Wildman–Crippen LogP) is 4.36. The molecule has 1 heterocycles. The molecule has 0 saturated carbocycles. The highest BCUT2D eigenvalue weighted by Gasteiger charge is 2.07. The molecule has 0 atom stereocenters. The van der Waals surface area contributed by atoms with Gasteiger partial charge in [0, 0.05) is 5.69 Å². The average molecular weight is 391 g/mol. The molecule has 2 N–H and O–H groups in total. The molecule has 7 nitrogen and oxygen atoms in total. The van der Waals surface area contributed by atoms with E-state index < -0.39 is 11.8 Å². The average Bonchev–Trinajstić information content (AvgIpc) is 3.09. The van der Waals surface area contributed by atoms with Crippen LogP contribution in [0.25, 0.3) is 0 Å². The fourth-order valence-electron chi connectivity index (χ4n) is 2.19. The van der Waals surface area contributed by atoms with Crippen molar-refractivity contribution in [3.63, 3.8) is 0 Å². The van der Waals surface area contributed by atoms with Crippen LogP contribution in [0.5, 0.6) is 11.5 Å². The maximum Gasteiger partial charge on any atom is 0.323 e. The maximum atomic E-state index is 13.0. The van der Waals surface area contributed by atoms with Crippen LogP contribution in [-0.2, 0) is 6.73 Å². The van der Waals surface area contributed by atoms with Gasteiger partial charge in [0.05, 0.1) is 30.2 Å². The van der Waals surface area contributed by atoms with Gasteiger partial charge in [-0.25, -0.2) is 13.9 Å². The fourth-order valence-corrected chi connectivity index (χ4v) is 2.42. The van der Waals surface area contributed by atoms with Gasteiger partial charge in [-0.3, -0.25) is 0 Å². The van der Waals surface area contributed by atoms with Gasteiger partial charge < -0.3 is 20.1 Å². The van der Waals surface area contributed by atoms with Crippen LogP contribution in [0.3, 0.4) is 0 Å². The summed E-state index contributed by atoms with van der Waals surface area (Å²) < 4.78 is 25.0. The van der Waals surface area contributed by atoms with E-state index in [2.05, 4.69) is 15.7 Å². The Hall–Kier alpha value is -3.26. The van der Waals surface area contributed by atoms with Crippen LogP contribution in [0.4, 0.5) is 20.6 Å². The number of hydrogen-bond donors (Lipinski definition) is 2. The zero-order valence-corrected chi connectivity index (χ0v) is 15.0. The van der Waals surface area contributed by atoms with Gasteiger partial charge in [0.25, 0.3) is 0 Å². The van der Waals surface area contributed by atoms with Gasteiger partial charge in [0.1, 0.15) is 17.3 Å². The van der Waals surface area contributed by atoms with Crippen LogP contribution in [0.15, 0.2) is 54.9 Å². The van der Waals surface area contributed by atoms with E-state index in [0.717, 1.165) is 6.07 Å². The molecule has 2 aromatic carbocycles. The second-order valence-corrected chi connectivity index (χ2v) is 5.83.